The van der Waals surface area contributed by atoms with Crippen LogP contribution >= 0.6 is 7.82 Å². The van der Waals surface area contributed by atoms with Crippen LogP contribution < -0.4 is 0 Å². The third-order valence-corrected chi connectivity index (χ3v) is 12.3. The number of carbonyl (C=O) groups is 2. The molecule has 0 spiro atoms. The average Bonchev–Trinajstić information content (AvgIpc) is 3.24. The molecule has 358 valence electrons. The SMILES string of the molecule is CCCCCC/C=C/C=C/CCCCCCCC(=O)O[C@@H](COC(=O)CCCCCCCCCCCCCCCCCCC)COP(=O)(O)OC1C(O)C(O)C(O)[C@H](O)C1O. The average molecular weight is 891 g/mol. The molecule has 6 N–H and O–H groups in total. The number of aliphatic hydroxyl groups excluding tert-OH is 5. The number of rotatable bonds is 40. The molecule has 0 saturated heterocycles. The highest BCUT2D eigenvalue weighted by Crippen LogP contribution is 2.47. The van der Waals surface area contributed by atoms with Crippen molar-refractivity contribution in [2.45, 2.75) is 249 Å². The van der Waals surface area contributed by atoms with Gasteiger partial charge in [-0.15, -0.1) is 0 Å². The molecule has 0 aromatic rings. The van der Waals surface area contributed by atoms with Crippen molar-refractivity contribution in [1.29, 1.82) is 0 Å². The second kappa shape index (κ2) is 37.7. The van der Waals surface area contributed by atoms with Crippen molar-refractivity contribution >= 4 is 19.8 Å². The predicted molar refractivity (Wildman–Crippen MR) is 240 cm³/mol. The maximum Gasteiger partial charge on any atom is 0.472 e. The lowest BCUT2D eigenvalue weighted by molar-refractivity contribution is -0.220. The van der Waals surface area contributed by atoms with Crippen LogP contribution in [-0.4, -0.2) is 98.3 Å². The van der Waals surface area contributed by atoms with E-state index in [9.17, 15) is 44.6 Å². The molecule has 61 heavy (non-hydrogen) atoms. The molecule has 1 fully saturated rings. The third kappa shape index (κ3) is 30.2. The zero-order valence-electron chi connectivity index (χ0n) is 38.0. The first-order chi connectivity index (χ1) is 29.4. The lowest BCUT2D eigenvalue weighted by Crippen LogP contribution is -2.64. The Labute approximate surface area is 368 Å². The van der Waals surface area contributed by atoms with Gasteiger partial charge in [0.1, 0.15) is 43.2 Å². The van der Waals surface area contributed by atoms with Gasteiger partial charge >= 0.3 is 19.8 Å². The van der Waals surface area contributed by atoms with Crippen LogP contribution in [0.4, 0.5) is 0 Å². The first-order valence-corrected chi connectivity index (χ1v) is 25.7. The first kappa shape index (κ1) is 57.3. The van der Waals surface area contributed by atoms with Gasteiger partial charge in [0.25, 0.3) is 0 Å². The summed E-state index contributed by atoms with van der Waals surface area (Å²) in [5.74, 6) is -1.11. The van der Waals surface area contributed by atoms with Gasteiger partial charge in [-0.25, -0.2) is 4.57 Å². The fourth-order valence-electron chi connectivity index (χ4n) is 7.40. The zero-order chi connectivity index (χ0) is 45.0. The van der Waals surface area contributed by atoms with Gasteiger partial charge in [0, 0.05) is 12.8 Å². The molecular formula is C47H87O13P. The number of hydrogen-bond acceptors (Lipinski definition) is 12. The van der Waals surface area contributed by atoms with E-state index in [4.69, 9.17) is 18.5 Å². The van der Waals surface area contributed by atoms with Gasteiger partial charge in [-0.05, 0) is 38.5 Å². The van der Waals surface area contributed by atoms with Gasteiger partial charge in [-0.1, -0.05) is 179 Å². The lowest BCUT2D eigenvalue weighted by atomic mass is 9.85. The van der Waals surface area contributed by atoms with E-state index in [1.165, 1.54) is 109 Å². The van der Waals surface area contributed by atoms with Crippen LogP contribution in [0, 0.1) is 0 Å². The number of ether oxygens (including phenoxy) is 2. The van der Waals surface area contributed by atoms with E-state index in [2.05, 4.69) is 38.2 Å². The standard InChI is InChI=1S/C47H87O13P/c1-3-5-7-9-11-13-15-17-19-20-22-23-25-27-29-31-33-35-40(48)57-37-39(38-58-61(55,56)60-47-45(53)43(51)42(50)44(52)46(47)54)59-41(49)36-34-32-30-28-26-24-21-18-16-14-12-10-8-6-4-2/h14,16,18,21,39,42-47,50-54H,3-13,15,17,19-20,22-38H2,1-2H3,(H,55,56)/b16-14+,21-18+/t39-,42?,43-,44?,45?,46?,47?/m0/s1. The maximum atomic E-state index is 12.8. The summed E-state index contributed by atoms with van der Waals surface area (Å²) in [6, 6.07) is 0. The fourth-order valence-corrected chi connectivity index (χ4v) is 8.37. The van der Waals surface area contributed by atoms with E-state index >= 15 is 0 Å². The highest BCUT2D eigenvalue weighted by Gasteiger charge is 2.51. The Morgan fingerprint density at radius 3 is 1.31 bits per heavy atom. The summed E-state index contributed by atoms with van der Waals surface area (Å²) in [4.78, 5) is 35.7. The smallest absolute Gasteiger partial charge is 0.462 e. The Morgan fingerprint density at radius 1 is 0.508 bits per heavy atom. The molecule has 0 amide bonds. The molecule has 6 unspecified atom stereocenters. The van der Waals surface area contributed by atoms with Gasteiger partial charge in [0.05, 0.1) is 6.61 Å². The second-order valence-corrected chi connectivity index (χ2v) is 18.4. The van der Waals surface area contributed by atoms with E-state index in [1.807, 2.05) is 0 Å². The number of hydrogen-bond donors (Lipinski definition) is 6. The van der Waals surface area contributed by atoms with Crippen molar-refractivity contribution in [3.8, 4) is 0 Å². The number of unbranched alkanes of at least 4 members (excludes halogenated alkanes) is 25. The Morgan fingerprint density at radius 2 is 0.869 bits per heavy atom. The lowest BCUT2D eigenvalue weighted by Gasteiger charge is -2.41. The van der Waals surface area contributed by atoms with Crippen LogP contribution in [-0.2, 0) is 32.7 Å². The van der Waals surface area contributed by atoms with E-state index < -0.39 is 75.7 Å². The number of aliphatic hydroxyl groups is 5. The summed E-state index contributed by atoms with van der Waals surface area (Å²) >= 11 is 0. The number of esters is 2. The summed E-state index contributed by atoms with van der Waals surface area (Å²) in [6.07, 6.45) is 28.0. The highest BCUT2D eigenvalue weighted by atomic mass is 31.2. The largest absolute Gasteiger partial charge is 0.472 e. The van der Waals surface area contributed by atoms with Crippen LogP contribution in [0.15, 0.2) is 24.3 Å². The van der Waals surface area contributed by atoms with Gasteiger partial charge in [-0.2, -0.15) is 0 Å². The molecule has 0 aromatic heterocycles. The minimum absolute atomic E-state index is 0.0818. The van der Waals surface area contributed by atoms with E-state index in [-0.39, 0.29) is 12.8 Å². The Balaban J connectivity index is 2.44. The Bertz CT molecular complexity index is 1170. The monoisotopic (exact) mass is 891 g/mol. The van der Waals surface area contributed by atoms with Gasteiger partial charge in [0.2, 0.25) is 0 Å². The molecule has 14 heteroatoms. The number of allylic oxidation sites excluding steroid dienone is 4. The van der Waals surface area contributed by atoms with Crippen LogP contribution in [0.3, 0.4) is 0 Å². The van der Waals surface area contributed by atoms with Crippen molar-refractivity contribution in [3.05, 3.63) is 24.3 Å². The number of phosphoric ester groups is 1. The normalized spacial score (nSPS) is 22.2. The summed E-state index contributed by atoms with van der Waals surface area (Å²) in [5, 5.41) is 50.2. The van der Waals surface area contributed by atoms with Gasteiger partial charge in [-0.3, -0.25) is 18.6 Å². The molecule has 1 rings (SSSR count). The maximum absolute atomic E-state index is 12.8. The molecule has 1 aliphatic rings. The molecule has 0 aromatic carbocycles. The van der Waals surface area contributed by atoms with E-state index in [0.29, 0.717) is 12.8 Å². The molecular weight excluding hydrogens is 803 g/mol. The predicted octanol–water partition coefficient (Wildman–Crippen LogP) is 9.62. The minimum Gasteiger partial charge on any atom is -0.462 e. The molecule has 0 aliphatic heterocycles. The fraction of sp³-hybridized carbons (Fsp3) is 0.872. The zero-order valence-corrected chi connectivity index (χ0v) is 38.9. The molecule has 8 atom stereocenters. The number of carbonyl (C=O) groups excluding carboxylic acids is 2. The van der Waals surface area contributed by atoms with E-state index in [0.717, 1.165) is 57.8 Å². The van der Waals surface area contributed by atoms with Crippen LogP contribution in [0.25, 0.3) is 0 Å². The number of phosphoric acid groups is 1. The summed E-state index contributed by atoms with van der Waals surface area (Å²) in [5.41, 5.74) is 0. The topological polar surface area (TPSA) is 210 Å². The van der Waals surface area contributed by atoms with Crippen LogP contribution in [0.1, 0.15) is 206 Å². The van der Waals surface area contributed by atoms with Crippen LogP contribution in [0.2, 0.25) is 0 Å². The molecule has 13 nitrogen and oxygen atoms in total. The van der Waals surface area contributed by atoms with Crippen molar-refractivity contribution in [1.82, 2.24) is 0 Å². The van der Waals surface area contributed by atoms with Crippen molar-refractivity contribution in [2.24, 2.45) is 0 Å². The van der Waals surface area contributed by atoms with E-state index in [1.54, 1.807) is 0 Å². The van der Waals surface area contributed by atoms with Gasteiger partial charge < -0.3 is 39.9 Å². The minimum atomic E-state index is -5.12. The summed E-state index contributed by atoms with van der Waals surface area (Å²) in [6.45, 7) is 3.28. The summed E-state index contributed by atoms with van der Waals surface area (Å²) in [7, 11) is -5.12. The van der Waals surface area contributed by atoms with Crippen molar-refractivity contribution < 1.29 is 63.1 Å². The molecule has 1 aliphatic carbocycles. The second-order valence-electron chi connectivity index (χ2n) is 17.0. The highest BCUT2D eigenvalue weighted by molar-refractivity contribution is 7.47. The molecule has 0 bridgehead atoms. The van der Waals surface area contributed by atoms with Crippen molar-refractivity contribution in [2.75, 3.05) is 13.2 Å². The molecule has 1 saturated carbocycles. The third-order valence-electron chi connectivity index (χ3n) is 11.3. The Kier molecular flexibility index (Phi) is 35.4. The van der Waals surface area contributed by atoms with Crippen LogP contribution in [0.5, 0.6) is 0 Å². The molecule has 0 radical (unpaired) electrons. The quantitative estimate of drug-likeness (QED) is 0.0147. The van der Waals surface area contributed by atoms with Crippen molar-refractivity contribution in [3.63, 3.8) is 0 Å². The Hall–Kier alpha value is -1.67. The first-order valence-electron chi connectivity index (χ1n) is 24.2. The van der Waals surface area contributed by atoms with Gasteiger partial charge in [0.15, 0.2) is 6.10 Å². The summed E-state index contributed by atoms with van der Waals surface area (Å²) < 4.78 is 33.5. The molecule has 0 heterocycles.